The second-order valence-electron chi connectivity index (χ2n) is 10.4. The second-order valence-corrected chi connectivity index (χ2v) is 11.4. The quantitative estimate of drug-likeness (QED) is 0.155. The summed E-state index contributed by atoms with van der Waals surface area (Å²) in [4.78, 5) is 15.0. The molecule has 7 nitrogen and oxygen atoms in total. The molecule has 1 amide bonds. The highest BCUT2D eigenvalue weighted by Crippen LogP contribution is 2.42. The predicted octanol–water partition coefficient (Wildman–Crippen LogP) is 7.32. The van der Waals surface area contributed by atoms with Gasteiger partial charge in [-0.15, -0.1) is 11.8 Å². The van der Waals surface area contributed by atoms with Crippen molar-refractivity contribution in [2.45, 2.75) is 23.9 Å². The molecule has 224 valence electrons. The summed E-state index contributed by atoms with van der Waals surface area (Å²) in [5.74, 6) is 1.74. The maximum absolute atomic E-state index is 14.0. The summed E-state index contributed by atoms with van der Waals surface area (Å²) < 4.78 is 32.3. The van der Waals surface area contributed by atoms with Gasteiger partial charge in [0.15, 0.2) is 11.5 Å². The summed E-state index contributed by atoms with van der Waals surface area (Å²) in [6.07, 6.45) is 2.58. The van der Waals surface area contributed by atoms with Gasteiger partial charge in [-0.05, 0) is 59.7 Å². The van der Waals surface area contributed by atoms with Crippen molar-refractivity contribution in [3.8, 4) is 17.2 Å². The molecule has 1 unspecified atom stereocenters. The van der Waals surface area contributed by atoms with Gasteiger partial charge in [0.2, 0.25) is 0 Å². The zero-order valence-corrected chi connectivity index (χ0v) is 25.5. The van der Waals surface area contributed by atoms with Gasteiger partial charge in [0, 0.05) is 40.5 Å². The molecule has 1 aliphatic rings. The van der Waals surface area contributed by atoms with E-state index in [-0.39, 0.29) is 23.5 Å². The predicted molar refractivity (Wildman–Crippen MR) is 171 cm³/mol. The molecule has 0 N–H and O–H groups in total. The topological polar surface area (TPSA) is 65.3 Å². The van der Waals surface area contributed by atoms with Crippen LogP contribution in [0.5, 0.6) is 17.2 Å². The number of hydrazone groups is 1. The molecule has 0 bridgehead atoms. The minimum atomic E-state index is -0.370. The van der Waals surface area contributed by atoms with Gasteiger partial charge in [-0.1, -0.05) is 42.5 Å². The lowest BCUT2D eigenvalue weighted by Crippen LogP contribution is -2.28. The minimum absolute atomic E-state index is 0.122. The number of nitrogens with zero attached hydrogens (tertiary/aromatic N) is 3. The summed E-state index contributed by atoms with van der Waals surface area (Å²) in [6.45, 7) is 0.592. The average molecular weight is 610 g/mol. The summed E-state index contributed by atoms with van der Waals surface area (Å²) in [7, 11) is 4.83. The first-order valence-corrected chi connectivity index (χ1v) is 15.2. The van der Waals surface area contributed by atoms with Gasteiger partial charge in [0.1, 0.15) is 11.6 Å². The number of thioether (sulfide) groups is 1. The van der Waals surface area contributed by atoms with Crippen molar-refractivity contribution in [2.24, 2.45) is 5.10 Å². The molecule has 1 aromatic heterocycles. The van der Waals surface area contributed by atoms with Crippen molar-refractivity contribution in [1.29, 1.82) is 0 Å². The van der Waals surface area contributed by atoms with Crippen molar-refractivity contribution in [3.63, 3.8) is 0 Å². The first-order chi connectivity index (χ1) is 21.5. The fourth-order valence-corrected chi connectivity index (χ4v) is 6.51. The third-order valence-corrected chi connectivity index (χ3v) is 8.78. The van der Waals surface area contributed by atoms with Crippen LogP contribution in [0, 0.1) is 5.82 Å². The van der Waals surface area contributed by atoms with Crippen molar-refractivity contribution >= 4 is 34.3 Å². The SMILES string of the molecule is COc1ccc(C2=NN(C(=O)CSc3cn(Cc4ccc(F)cc4)c4ccccc34)C(c3cccc(OC)c3OC)C2)cc1. The van der Waals surface area contributed by atoms with E-state index >= 15 is 0 Å². The first-order valence-electron chi connectivity index (χ1n) is 14.2. The molecular weight excluding hydrogens is 577 g/mol. The van der Waals surface area contributed by atoms with E-state index in [4.69, 9.17) is 19.3 Å². The molecule has 1 atom stereocenters. The highest BCUT2D eigenvalue weighted by atomic mass is 32.2. The van der Waals surface area contributed by atoms with E-state index < -0.39 is 0 Å². The molecule has 0 saturated carbocycles. The number of carbonyl (C=O) groups excluding carboxylic acids is 1. The Morgan fingerprint density at radius 2 is 1.68 bits per heavy atom. The molecule has 0 saturated heterocycles. The molecule has 5 aromatic rings. The number of hydrogen-bond acceptors (Lipinski definition) is 6. The maximum atomic E-state index is 14.0. The Morgan fingerprint density at radius 3 is 2.41 bits per heavy atom. The van der Waals surface area contributed by atoms with Gasteiger partial charge in [0.25, 0.3) is 5.91 Å². The van der Waals surface area contributed by atoms with Crippen molar-refractivity contribution in [1.82, 2.24) is 9.58 Å². The maximum Gasteiger partial charge on any atom is 0.253 e. The van der Waals surface area contributed by atoms with Crippen molar-refractivity contribution in [3.05, 3.63) is 120 Å². The fraction of sp³-hybridized carbons (Fsp3) is 0.200. The number of hydrogen-bond donors (Lipinski definition) is 0. The monoisotopic (exact) mass is 609 g/mol. The van der Waals surface area contributed by atoms with Gasteiger partial charge in [-0.25, -0.2) is 9.40 Å². The molecule has 9 heteroatoms. The van der Waals surface area contributed by atoms with E-state index in [1.165, 1.54) is 23.9 Å². The second kappa shape index (κ2) is 12.9. The summed E-state index contributed by atoms with van der Waals surface area (Å²) in [6, 6.07) is 27.6. The molecule has 0 spiro atoms. The van der Waals surface area contributed by atoms with Crippen molar-refractivity contribution < 1.29 is 23.4 Å². The van der Waals surface area contributed by atoms with Gasteiger partial charge in [-0.2, -0.15) is 5.10 Å². The van der Waals surface area contributed by atoms with Gasteiger partial charge in [0.05, 0.1) is 38.8 Å². The number of amides is 1. The number of para-hydroxylation sites is 2. The van der Waals surface area contributed by atoms with Crippen LogP contribution >= 0.6 is 11.8 Å². The number of rotatable bonds is 10. The summed E-state index contributed by atoms with van der Waals surface area (Å²) >= 11 is 1.48. The van der Waals surface area contributed by atoms with E-state index in [1.54, 1.807) is 38.5 Å². The molecule has 6 rings (SSSR count). The normalized spacial score (nSPS) is 14.5. The van der Waals surface area contributed by atoms with E-state index in [1.807, 2.05) is 54.6 Å². The number of aromatic nitrogens is 1. The van der Waals surface area contributed by atoms with Crippen LogP contribution in [0.4, 0.5) is 4.39 Å². The molecular formula is C35H32FN3O4S. The lowest BCUT2D eigenvalue weighted by molar-refractivity contribution is -0.130. The Hall–Kier alpha value is -4.76. The Balaban J connectivity index is 1.29. The average Bonchev–Trinajstić information content (AvgIpc) is 3.66. The lowest BCUT2D eigenvalue weighted by atomic mass is 9.97. The molecule has 0 aliphatic carbocycles. The van der Waals surface area contributed by atoms with Gasteiger partial charge >= 0.3 is 0 Å². The van der Waals surface area contributed by atoms with Crippen LogP contribution in [0.3, 0.4) is 0 Å². The molecule has 0 radical (unpaired) electrons. The number of ether oxygens (including phenoxy) is 3. The van der Waals surface area contributed by atoms with Gasteiger partial charge < -0.3 is 18.8 Å². The lowest BCUT2D eigenvalue weighted by Gasteiger charge is -2.24. The molecule has 2 heterocycles. The Bertz CT molecular complexity index is 1820. The van der Waals surface area contributed by atoms with Gasteiger partial charge in [-0.3, -0.25) is 4.79 Å². The molecule has 1 aliphatic heterocycles. The van der Waals surface area contributed by atoms with E-state index in [0.29, 0.717) is 24.5 Å². The highest BCUT2D eigenvalue weighted by Gasteiger charge is 2.35. The number of benzene rings is 4. The smallest absolute Gasteiger partial charge is 0.253 e. The van der Waals surface area contributed by atoms with Crippen LogP contribution in [-0.4, -0.2) is 48.3 Å². The van der Waals surface area contributed by atoms with E-state index in [0.717, 1.165) is 43.9 Å². The third-order valence-electron chi connectivity index (χ3n) is 7.75. The fourth-order valence-electron chi connectivity index (χ4n) is 5.57. The number of fused-ring (bicyclic) bond motifs is 1. The van der Waals surface area contributed by atoms with Crippen LogP contribution in [0.25, 0.3) is 10.9 Å². The largest absolute Gasteiger partial charge is 0.497 e. The van der Waals surface area contributed by atoms with Crippen LogP contribution in [0.1, 0.15) is 29.2 Å². The van der Waals surface area contributed by atoms with Crippen molar-refractivity contribution in [2.75, 3.05) is 27.1 Å². The van der Waals surface area contributed by atoms with E-state index in [2.05, 4.69) is 22.9 Å². The summed E-state index contributed by atoms with van der Waals surface area (Å²) in [5.41, 5.74) is 4.59. The number of carbonyl (C=O) groups is 1. The third kappa shape index (κ3) is 5.88. The minimum Gasteiger partial charge on any atom is -0.497 e. The summed E-state index contributed by atoms with van der Waals surface area (Å²) in [5, 5.41) is 7.50. The van der Waals surface area contributed by atoms with Crippen LogP contribution in [0.2, 0.25) is 0 Å². The first kappa shape index (κ1) is 29.3. The Kier molecular flexibility index (Phi) is 8.56. The zero-order chi connectivity index (χ0) is 30.6. The zero-order valence-electron chi connectivity index (χ0n) is 24.7. The van der Waals surface area contributed by atoms with Crippen LogP contribution in [-0.2, 0) is 11.3 Å². The molecule has 44 heavy (non-hydrogen) atoms. The Morgan fingerprint density at radius 1 is 0.909 bits per heavy atom. The molecule has 4 aromatic carbocycles. The molecule has 0 fully saturated rings. The highest BCUT2D eigenvalue weighted by molar-refractivity contribution is 8.00. The number of methoxy groups -OCH3 is 3. The van der Waals surface area contributed by atoms with E-state index in [9.17, 15) is 9.18 Å². The standard InChI is InChI=1S/C35H32FN3O4S/c1-41-26-17-13-24(14-18-26)29-19-31(28-8-6-10-32(42-2)35(28)43-3)39(37-29)34(40)22-44-33-21-38(30-9-5-4-7-27(30)33)20-23-11-15-25(36)16-12-23/h4-18,21,31H,19-20,22H2,1-3H3. The van der Waals surface area contributed by atoms with Crippen LogP contribution in [0.15, 0.2) is 107 Å². The Labute approximate surface area is 259 Å². The van der Waals surface area contributed by atoms with Crippen LogP contribution < -0.4 is 14.2 Å². The number of halogens is 1.